The van der Waals surface area contributed by atoms with Gasteiger partial charge in [-0.3, -0.25) is 4.79 Å². The van der Waals surface area contributed by atoms with Crippen LogP contribution < -0.4 is 5.73 Å². The molecule has 1 fully saturated rings. The molecule has 2 atom stereocenters. The van der Waals surface area contributed by atoms with E-state index in [4.69, 9.17) is 5.73 Å². The van der Waals surface area contributed by atoms with Crippen molar-refractivity contribution in [2.75, 3.05) is 6.54 Å². The summed E-state index contributed by atoms with van der Waals surface area (Å²) in [5.41, 5.74) is 6.52. The first kappa shape index (κ1) is 15.7. The van der Waals surface area contributed by atoms with Crippen molar-refractivity contribution >= 4 is 5.97 Å². The Labute approximate surface area is 136 Å². The number of hydrogen-bond acceptors (Lipinski definition) is 3. The molecule has 0 radical (unpaired) electrons. The first-order valence-electron chi connectivity index (χ1n) is 7.92. The van der Waals surface area contributed by atoms with Gasteiger partial charge in [0, 0.05) is 11.9 Å². The van der Waals surface area contributed by atoms with E-state index in [1.165, 1.54) is 0 Å². The molecule has 1 saturated carbocycles. The predicted molar refractivity (Wildman–Crippen MR) is 88.4 cm³/mol. The van der Waals surface area contributed by atoms with Crippen molar-refractivity contribution < 1.29 is 9.90 Å². The van der Waals surface area contributed by atoms with Gasteiger partial charge in [-0.05, 0) is 42.9 Å². The van der Waals surface area contributed by atoms with E-state index in [0.29, 0.717) is 18.7 Å². The van der Waals surface area contributed by atoms with Gasteiger partial charge in [-0.1, -0.05) is 32.0 Å². The molecule has 2 aromatic rings. The summed E-state index contributed by atoms with van der Waals surface area (Å²) >= 11 is 0. The van der Waals surface area contributed by atoms with Gasteiger partial charge in [0.2, 0.25) is 0 Å². The summed E-state index contributed by atoms with van der Waals surface area (Å²) in [6.45, 7) is 4.72. The predicted octanol–water partition coefficient (Wildman–Crippen LogP) is 2.59. The maximum absolute atomic E-state index is 11.9. The van der Waals surface area contributed by atoms with Crippen LogP contribution >= 0.6 is 0 Å². The lowest BCUT2D eigenvalue weighted by Crippen LogP contribution is -2.28. The highest BCUT2D eigenvalue weighted by Crippen LogP contribution is 2.58. The Morgan fingerprint density at radius 3 is 2.74 bits per heavy atom. The Bertz CT molecular complexity index is 708. The Morgan fingerprint density at radius 2 is 2.13 bits per heavy atom. The standard InChI is InChI=1S/C18H23N3O2/c1-17(2,11-19)8-13-9-18(13,16(22)23)15-10-21(12-20-15)14-6-4-3-5-7-14/h3-7,10,12-13H,8-9,11,19H2,1-2H3,(H,22,23). The quantitative estimate of drug-likeness (QED) is 0.859. The largest absolute Gasteiger partial charge is 0.481 e. The summed E-state index contributed by atoms with van der Waals surface area (Å²) < 4.78 is 1.88. The van der Waals surface area contributed by atoms with Crippen LogP contribution in [0.5, 0.6) is 0 Å². The summed E-state index contributed by atoms with van der Waals surface area (Å²) in [7, 11) is 0. The molecule has 1 heterocycles. The third-order valence-corrected chi connectivity index (χ3v) is 4.93. The van der Waals surface area contributed by atoms with Crippen LogP contribution in [0.1, 0.15) is 32.4 Å². The summed E-state index contributed by atoms with van der Waals surface area (Å²) in [5.74, 6) is -0.689. The molecule has 3 rings (SSSR count). The van der Waals surface area contributed by atoms with Gasteiger partial charge in [-0.25, -0.2) is 4.98 Å². The molecule has 1 aliphatic rings. The van der Waals surface area contributed by atoms with E-state index in [2.05, 4.69) is 18.8 Å². The van der Waals surface area contributed by atoms with Gasteiger partial charge in [0.05, 0.1) is 12.0 Å². The van der Waals surface area contributed by atoms with E-state index in [-0.39, 0.29) is 11.3 Å². The molecule has 23 heavy (non-hydrogen) atoms. The molecule has 3 N–H and O–H groups in total. The van der Waals surface area contributed by atoms with Gasteiger partial charge in [0.25, 0.3) is 0 Å². The zero-order valence-electron chi connectivity index (χ0n) is 13.6. The fourth-order valence-electron chi connectivity index (χ4n) is 3.31. The van der Waals surface area contributed by atoms with Gasteiger partial charge >= 0.3 is 5.97 Å². The van der Waals surface area contributed by atoms with E-state index in [0.717, 1.165) is 12.1 Å². The number of carboxylic acids is 1. The minimum Gasteiger partial charge on any atom is -0.481 e. The molecule has 0 spiro atoms. The highest BCUT2D eigenvalue weighted by molar-refractivity contribution is 5.85. The van der Waals surface area contributed by atoms with Crippen LogP contribution in [0.2, 0.25) is 0 Å². The number of imidazole rings is 1. The number of nitrogens with two attached hydrogens (primary N) is 1. The van der Waals surface area contributed by atoms with Crippen LogP contribution in [-0.4, -0.2) is 27.2 Å². The first-order valence-corrected chi connectivity index (χ1v) is 7.92. The molecule has 1 aromatic carbocycles. The molecule has 1 aliphatic carbocycles. The third-order valence-electron chi connectivity index (χ3n) is 4.93. The lowest BCUT2D eigenvalue weighted by atomic mass is 9.84. The Morgan fingerprint density at radius 1 is 1.43 bits per heavy atom. The second-order valence-electron chi connectivity index (χ2n) is 7.25. The fourth-order valence-corrected chi connectivity index (χ4v) is 3.31. The van der Waals surface area contributed by atoms with Crippen LogP contribution in [0.4, 0.5) is 0 Å². The number of para-hydroxylation sites is 1. The zero-order chi connectivity index (χ0) is 16.7. The molecule has 2 unspecified atom stereocenters. The van der Waals surface area contributed by atoms with E-state index < -0.39 is 11.4 Å². The SMILES string of the molecule is CC(C)(CN)CC1CC1(C(=O)O)c1cn(-c2ccccc2)cn1. The van der Waals surface area contributed by atoms with Crippen molar-refractivity contribution in [3.05, 3.63) is 48.5 Å². The van der Waals surface area contributed by atoms with Crippen molar-refractivity contribution in [3.63, 3.8) is 0 Å². The minimum absolute atomic E-state index is 0.0517. The van der Waals surface area contributed by atoms with Crippen LogP contribution in [0.25, 0.3) is 5.69 Å². The van der Waals surface area contributed by atoms with Crippen molar-refractivity contribution in [2.24, 2.45) is 17.1 Å². The van der Waals surface area contributed by atoms with Gasteiger partial charge in [-0.15, -0.1) is 0 Å². The van der Waals surface area contributed by atoms with Gasteiger partial charge in [0.1, 0.15) is 5.41 Å². The van der Waals surface area contributed by atoms with Gasteiger partial charge < -0.3 is 15.4 Å². The van der Waals surface area contributed by atoms with Crippen molar-refractivity contribution in [3.8, 4) is 5.69 Å². The van der Waals surface area contributed by atoms with E-state index in [1.54, 1.807) is 6.33 Å². The minimum atomic E-state index is -0.855. The summed E-state index contributed by atoms with van der Waals surface area (Å²) in [4.78, 5) is 16.3. The molecular formula is C18H23N3O2. The van der Waals surface area contributed by atoms with Gasteiger partial charge in [-0.2, -0.15) is 0 Å². The smallest absolute Gasteiger partial charge is 0.316 e. The lowest BCUT2D eigenvalue weighted by molar-refractivity contribution is -0.140. The zero-order valence-corrected chi connectivity index (χ0v) is 13.6. The molecular weight excluding hydrogens is 290 g/mol. The van der Waals surface area contributed by atoms with E-state index in [1.807, 2.05) is 41.1 Å². The molecule has 1 aromatic heterocycles. The molecule has 5 heteroatoms. The number of rotatable bonds is 6. The van der Waals surface area contributed by atoms with Crippen molar-refractivity contribution in [1.82, 2.24) is 9.55 Å². The van der Waals surface area contributed by atoms with Crippen LogP contribution in [-0.2, 0) is 10.2 Å². The highest BCUT2D eigenvalue weighted by Gasteiger charge is 2.63. The van der Waals surface area contributed by atoms with Gasteiger partial charge in [0.15, 0.2) is 0 Å². The fraction of sp³-hybridized carbons (Fsp3) is 0.444. The number of nitrogens with zero attached hydrogens (tertiary/aromatic N) is 2. The highest BCUT2D eigenvalue weighted by atomic mass is 16.4. The summed E-state index contributed by atoms with van der Waals surface area (Å²) in [6.07, 6.45) is 4.98. The summed E-state index contributed by atoms with van der Waals surface area (Å²) in [5, 5.41) is 9.80. The molecule has 0 aliphatic heterocycles. The second kappa shape index (κ2) is 5.49. The monoisotopic (exact) mass is 313 g/mol. The molecule has 5 nitrogen and oxygen atoms in total. The Balaban J connectivity index is 1.87. The van der Waals surface area contributed by atoms with Crippen LogP contribution in [0, 0.1) is 11.3 Å². The number of carbonyl (C=O) groups is 1. The topological polar surface area (TPSA) is 81.1 Å². The lowest BCUT2D eigenvalue weighted by Gasteiger charge is -2.23. The number of aromatic nitrogens is 2. The average molecular weight is 313 g/mol. The second-order valence-corrected chi connectivity index (χ2v) is 7.25. The average Bonchev–Trinajstić information content (AvgIpc) is 3.03. The van der Waals surface area contributed by atoms with Crippen LogP contribution in [0.15, 0.2) is 42.9 Å². The summed E-state index contributed by atoms with van der Waals surface area (Å²) in [6, 6.07) is 9.80. The first-order chi connectivity index (χ1) is 10.9. The number of hydrogen-bond donors (Lipinski definition) is 2. The van der Waals surface area contributed by atoms with E-state index >= 15 is 0 Å². The Hall–Kier alpha value is -2.14. The third kappa shape index (κ3) is 2.77. The maximum atomic E-state index is 11.9. The van der Waals surface area contributed by atoms with Crippen LogP contribution in [0.3, 0.4) is 0 Å². The number of carboxylic acid groups (broad SMARTS) is 1. The Kier molecular flexibility index (Phi) is 3.76. The van der Waals surface area contributed by atoms with Crippen molar-refractivity contribution in [1.29, 1.82) is 0 Å². The van der Waals surface area contributed by atoms with Crippen molar-refractivity contribution in [2.45, 2.75) is 32.1 Å². The molecule has 0 amide bonds. The normalized spacial score (nSPS) is 23.7. The number of benzene rings is 1. The van der Waals surface area contributed by atoms with E-state index in [9.17, 15) is 9.90 Å². The molecule has 0 saturated heterocycles. The molecule has 0 bridgehead atoms. The maximum Gasteiger partial charge on any atom is 0.316 e. The number of aliphatic carboxylic acids is 1. The molecule has 122 valence electrons.